The lowest BCUT2D eigenvalue weighted by Crippen LogP contribution is -2.26. The van der Waals surface area contributed by atoms with Crippen molar-refractivity contribution in [1.29, 1.82) is 0 Å². The molecule has 0 fully saturated rings. The van der Waals surface area contributed by atoms with Crippen molar-refractivity contribution in [3.05, 3.63) is 35.7 Å². The van der Waals surface area contributed by atoms with Crippen LogP contribution in [0.15, 0.2) is 24.3 Å². The van der Waals surface area contributed by atoms with Crippen molar-refractivity contribution in [1.82, 2.24) is 5.32 Å². The molecule has 0 heterocycles. The summed E-state index contributed by atoms with van der Waals surface area (Å²) in [5.74, 6) is -1.77. The van der Waals surface area contributed by atoms with Crippen LogP contribution >= 0.6 is 0 Å². The molecule has 20 heavy (non-hydrogen) atoms. The number of nitrogens with one attached hydrogen (secondary N) is 1. The SMILES string of the molecule is CNC(=O)CCN(C)c1cccc(F)c1/C=C/C(=O)O. The standard InChI is InChI=1S/C14H17FN2O3/c1-16-13(18)8-9-17(2)12-5-3-4-11(15)10(12)6-7-14(19)20/h3-7H,8-9H2,1-2H3,(H,16,18)(H,19,20)/b7-6+. The van der Waals surface area contributed by atoms with Gasteiger partial charge in [0.15, 0.2) is 0 Å². The minimum atomic E-state index is -1.15. The Labute approximate surface area is 116 Å². The van der Waals surface area contributed by atoms with Crippen LogP contribution in [0.1, 0.15) is 12.0 Å². The van der Waals surface area contributed by atoms with Gasteiger partial charge < -0.3 is 15.3 Å². The summed E-state index contributed by atoms with van der Waals surface area (Å²) in [5, 5.41) is 11.1. The maximum Gasteiger partial charge on any atom is 0.328 e. The smallest absolute Gasteiger partial charge is 0.328 e. The van der Waals surface area contributed by atoms with Crippen LogP contribution in [-0.2, 0) is 9.59 Å². The summed E-state index contributed by atoms with van der Waals surface area (Å²) in [7, 11) is 3.27. The molecule has 1 rings (SSSR count). The lowest BCUT2D eigenvalue weighted by Gasteiger charge is -2.21. The predicted octanol–water partition coefficient (Wildman–Crippen LogP) is 1.50. The topological polar surface area (TPSA) is 69.6 Å². The van der Waals surface area contributed by atoms with Gasteiger partial charge in [0.2, 0.25) is 5.91 Å². The van der Waals surface area contributed by atoms with Crippen LogP contribution in [0.4, 0.5) is 10.1 Å². The van der Waals surface area contributed by atoms with Crippen molar-refractivity contribution in [2.75, 3.05) is 25.5 Å². The van der Waals surface area contributed by atoms with E-state index in [1.54, 1.807) is 31.1 Å². The number of halogens is 1. The molecule has 0 aliphatic heterocycles. The van der Waals surface area contributed by atoms with Crippen LogP contribution in [0.3, 0.4) is 0 Å². The van der Waals surface area contributed by atoms with Gasteiger partial charge in [-0.25, -0.2) is 9.18 Å². The van der Waals surface area contributed by atoms with Crippen LogP contribution in [0.5, 0.6) is 0 Å². The number of anilines is 1. The van der Waals surface area contributed by atoms with E-state index in [-0.39, 0.29) is 17.9 Å². The van der Waals surface area contributed by atoms with Gasteiger partial charge in [0.25, 0.3) is 0 Å². The Bertz CT molecular complexity index is 529. The summed E-state index contributed by atoms with van der Waals surface area (Å²) >= 11 is 0. The molecule has 0 aromatic heterocycles. The number of aliphatic carboxylic acids is 1. The summed E-state index contributed by atoms with van der Waals surface area (Å²) in [6, 6.07) is 4.48. The largest absolute Gasteiger partial charge is 0.478 e. The Hall–Kier alpha value is -2.37. The molecule has 1 amide bonds. The predicted molar refractivity (Wildman–Crippen MR) is 75.0 cm³/mol. The fourth-order valence-electron chi connectivity index (χ4n) is 1.69. The summed E-state index contributed by atoms with van der Waals surface area (Å²) in [5.41, 5.74) is 0.723. The first-order valence-electron chi connectivity index (χ1n) is 6.07. The van der Waals surface area contributed by atoms with Crippen molar-refractivity contribution in [2.24, 2.45) is 0 Å². The van der Waals surface area contributed by atoms with Gasteiger partial charge >= 0.3 is 5.97 Å². The molecule has 0 spiro atoms. The van der Waals surface area contributed by atoms with Gasteiger partial charge in [0.1, 0.15) is 5.82 Å². The number of carbonyl (C=O) groups excluding carboxylic acids is 1. The number of nitrogens with zero attached hydrogens (tertiary/aromatic N) is 1. The number of hydrogen-bond acceptors (Lipinski definition) is 3. The Morgan fingerprint density at radius 2 is 2.15 bits per heavy atom. The summed E-state index contributed by atoms with van der Waals surface area (Å²) in [4.78, 5) is 23.5. The fourth-order valence-corrected chi connectivity index (χ4v) is 1.69. The first-order valence-corrected chi connectivity index (χ1v) is 6.07. The van der Waals surface area contributed by atoms with Crippen molar-refractivity contribution in [3.63, 3.8) is 0 Å². The number of amides is 1. The molecule has 6 heteroatoms. The Kier molecular flexibility index (Phi) is 5.71. The van der Waals surface area contributed by atoms with E-state index >= 15 is 0 Å². The summed E-state index contributed by atoms with van der Waals surface area (Å²) in [6.45, 7) is 0.400. The molecule has 0 unspecified atom stereocenters. The van der Waals surface area contributed by atoms with E-state index in [0.717, 1.165) is 6.08 Å². The molecule has 0 saturated heterocycles. The monoisotopic (exact) mass is 280 g/mol. The Balaban J connectivity index is 2.96. The maximum absolute atomic E-state index is 13.8. The zero-order chi connectivity index (χ0) is 15.1. The second-order valence-corrected chi connectivity index (χ2v) is 4.19. The van der Waals surface area contributed by atoms with E-state index in [1.807, 2.05) is 0 Å². The average Bonchev–Trinajstić information content (AvgIpc) is 2.42. The van der Waals surface area contributed by atoms with Crippen LogP contribution in [0.25, 0.3) is 6.08 Å². The van der Waals surface area contributed by atoms with Gasteiger partial charge in [-0.05, 0) is 18.2 Å². The summed E-state index contributed by atoms with van der Waals surface area (Å²) < 4.78 is 13.8. The normalized spacial score (nSPS) is 10.6. The first-order chi connectivity index (χ1) is 9.45. The number of carboxylic acid groups (broad SMARTS) is 1. The molecule has 0 aliphatic carbocycles. The minimum absolute atomic E-state index is 0.115. The minimum Gasteiger partial charge on any atom is -0.478 e. The Morgan fingerprint density at radius 1 is 1.45 bits per heavy atom. The van der Waals surface area contributed by atoms with E-state index in [9.17, 15) is 14.0 Å². The molecule has 0 aliphatic rings. The van der Waals surface area contributed by atoms with E-state index < -0.39 is 11.8 Å². The first kappa shape index (κ1) is 15.7. The molecule has 0 atom stereocenters. The van der Waals surface area contributed by atoms with Crippen LogP contribution in [0.2, 0.25) is 0 Å². The van der Waals surface area contributed by atoms with Gasteiger partial charge in [-0.3, -0.25) is 4.79 Å². The van der Waals surface area contributed by atoms with Crippen molar-refractivity contribution >= 4 is 23.6 Å². The molecule has 1 aromatic carbocycles. The van der Waals surface area contributed by atoms with E-state index in [2.05, 4.69) is 5.32 Å². The molecule has 5 nitrogen and oxygen atoms in total. The van der Waals surface area contributed by atoms with E-state index in [1.165, 1.54) is 12.1 Å². The van der Waals surface area contributed by atoms with Gasteiger partial charge in [-0.2, -0.15) is 0 Å². The van der Waals surface area contributed by atoms with Crippen LogP contribution < -0.4 is 10.2 Å². The van der Waals surface area contributed by atoms with Gasteiger partial charge in [0, 0.05) is 44.4 Å². The van der Waals surface area contributed by atoms with Crippen molar-refractivity contribution in [2.45, 2.75) is 6.42 Å². The number of rotatable bonds is 6. The lowest BCUT2D eigenvalue weighted by atomic mass is 10.1. The highest BCUT2D eigenvalue weighted by atomic mass is 19.1. The average molecular weight is 280 g/mol. The van der Waals surface area contributed by atoms with Crippen molar-refractivity contribution < 1.29 is 19.1 Å². The molecule has 108 valence electrons. The molecule has 1 aromatic rings. The van der Waals surface area contributed by atoms with Crippen molar-refractivity contribution in [3.8, 4) is 0 Å². The van der Waals surface area contributed by atoms with Crippen LogP contribution in [-0.4, -0.2) is 37.6 Å². The maximum atomic E-state index is 13.8. The molecule has 0 bridgehead atoms. The quantitative estimate of drug-likeness (QED) is 0.775. The highest BCUT2D eigenvalue weighted by Crippen LogP contribution is 2.24. The molecular formula is C14H17FN2O3. The highest BCUT2D eigenvalue weighted by molar-refractivity contribution is 5.87. The zero-order valence-corrected chi connectivity index (χ0v) is 11.4. The molecular weight excluding hydrogens is 263 g/mol. The zero-order valence-electron chi connectivity index (χ0n) is 11.4. The number of hydrogen-bond donors (Lipinski definition) is 2. The van der Waals surface area contributed by atoms with Gasteiger partial charge in [-0.1, -0.05) is 6.07 Å². The van der Waals surface area contributed by atoms with E-state index in [0.29, 0.717) is 12.2 Å². The molecule has 2 N–H and O–H groups in total. The lowest BCUT2D eigenvalue weighted by molar-refractivity contribution is -0.131. The summed E-state index contributed by atoms with van der Waals surface area (Å²) in [6.07, 6.45) is 2.36. The van der Waals surface area contributed by atoms with E-state index in [4.69, 9.17) is 5.11 Å². The Morgan fingerprint density at radius 3 is 2.75 bits per heavy atom. The second kappa shape index (κ2) is 7.28. The number of carbonyl (C=O) groups is 2. The highest BCUT2D eigenvalue weighted by Gasteiger charge is 2.11. The third-order valence-corrected chi connectivity index (χ3v) is 2.79. The molecule has 0 saturated carbocycles. The molecule has 0 radical (unpaired) electrons. The van der Waals surface area contributed by atoms with Crippen LogP contribution in [0, 0.1) is 5.82 Å². The van der Waals surface area contributed by atoms with Gasteiger partial charge in [-0.15, -0.1) is 0 Å². The number of carboxylic acids is 1. The van der Waals surface area contributed by atoms with Gasteiger partial charge in [0.05, 0.1) is 0 Å². The number of benzene rings is 1. The fraction of sp³-hybridized carbons (Fsp3) is 0.286. The third-order valence-electron chi connectivity index (χ3n) is 2.79. The third kappa shape index (κ3) is 4.38. The second-order valence-electron chi connectivity index (χ2n) is 4.19.